The Kier molecular flexibility index (Phi) is 6.35. The highest BCUT2D eigenvalue weighted by molar-refractivity contribution is 5.79. The fourth-order valence-corrected chi connectivity index (χ4v) is 3.61. The van der Waals surface area contributed by atoms with Crippen molar-refractivity contribution in [3.63, 3.8) is 0 Å². The number of aliphatic hydroxyl groups is 1. The van der Waals surface area contributed by atoms with Crippen LogP contribution in [0.4, 0.5) is 0 Å². The third-order valence-electron chi connectivity index (χ3n) is 5.05. The van der Waals surface area contributed by atoms with Gasteiger partial charge in [-0.3, -0.25) is 0 Å². The van der Waals surface area contributed by atoms with Gasteiger partial charge in [-0.2, -0.15) is 0 Å². The number of methoxy groups -OCH3 is 1. The van der Waals surface area contributed by atoms with E-state index < -0.39 is 5.60 Å². The van der Waals surface area contributed by atoms with Gasteiger partial charge in [0.15, 0.2) is 5.96 Å². The largest absolute Gasteiger partial charge is 0.496 e. The number of hydrogen-bond acceptors (Lipinski definition) is 3. The van der Waals surface area contributed by atoms with Crippen molar-refractivity contribution in [3.8, 4) is 5.75 Å². The van der Waals surface area contributed by atoms with Crippen molar-refractivity contribution in [2.24, 2.45) is 4.99 Å². The molecule has 2 aromatic carbocycles. The van der Waals surface area contributed by atoms with Gasteiger partial charge in [-0.15, -0.1) is 0 Å². The van der Waals surface area contributed by atoms with Crippen LogP contribution in [-0.4, -0.2) is 37.8 Å². The molecule has 0 spiro atoms. The van der Waals surface area contributed by atoms with Gasteiger partial charge in [-0.25, -0.2) is 4.99 Å². The molecule has 0 fully saturated rings. The summed E-state index contributed by atoms with van der Waals surface area (Å²) in [5.74, 6) is 1.63. The number of hydrogen-bond donors (Lipinski definition) is 3. The Hall–Kier alpha value is -2.53. The predicted octanol–water partition coefficient (Wildman–Crippen LogP) is 2.63. The number of guanidine groups is 1. The summed E-state index contributed by atoms with van der Waals surface area (Å²) in [7, 11) is 1.69. The van der Waals surface area contributed by atoms with Crippen LogP contribution in [-0.2, 0) is 18.4 Å². The fourth-order valence-electron chi connectivity index (χ4n) is 3.61. The Morgan fingerprint density at radius 3 is 2.74 bits per heavy atom. The van der Waals surface area contributed by atoms with E-state index in [0.29, 0.717) is 6.54 Å². The first-order valence-electron chi connectivity index (χ1n) is 9.61. The second-order valence-electron chi connectivity index (χ2n) is 6.87. The van der Waals surface area contributed by atoms with E-state index in [1.54, 1.807) is 7.11 Å². The van der Waals surface area contributed by atoms with Crippen LogP contribution in [0.2, 0.25) is 0 Å². The SMILES string of the molecule is CCNC(=NCC1(O)CCc2ccccc21)NCCc1ccccc1OC. The molecule has 0 saturated heterocycles. The summed E-state index contributed by atoms with van der Waals surface area (Å²) in [5.41, 5.74) is 2.52. The summed E-state index contributed by atoms with van der Waals surface area (Å²) in [4.78, 5) is 4.65. The minimum atomic E-state index is -0.873. The number of rotatable bonds is 7. The van der Waals surface area contributed by atoms with Crippen molar-refractivity contribution < 1.29 is 9.84 Å². The number of para-hydroxylation sites is 1. The van der Waals surface area contributed by atoms with Gasteiger partial charge in [0.25, 0.3) is 0 Å². The first-order chi connectivity index (χ1) is 13.2. The Bertz CT molecular complexity index is 791. The molecule has 2 aromatic rings. The molecule has 1 aliphatic carbocycles. The third kappa shape index (κ3) is 4.61. The van der Waals surface area contributed by atoms with Gasteiger partial charge in [0, 0.05) is 13.1 Å². The van der Waals surface area contributed by atoms with Crippen LogP contribution in [0.1, 0.15) is 30.0 Å². The smallest absolute Gasteiger partial charge is 0.191 e. The van der Waals surface area contributed by atoms with Crippen LogP contribution in [0, 0.1) is 0 Å². The Morgan fingerprint density at radius 2 is 1.93 bits per heavy atom. The second-order valence-corrected chi connectivity index (χ2v) is 6.87. The molecule has 0 saturated carbocycles. The van der Waals surface area contributed by atoms with E-state index in [0.717, 1.165) is 55.2 Å². The molecule has 5 heteroatoms. The molecule has 0 heterocycles. The number of nitrogens with zero attached hydrogens (tertiary/aromatic N) is 1. The first-order valence-corrected chi connectivity index (χ1v) is 9.61. The molecule has 3 rings (SSSR count). The maximum atomic E-state index is 11.1. The van der Waals surface area contributed by atoms with E-state index in [4.69, 9.17) is 4.74 Å². The normalized spacial score (nSPS) is 18.9. The van der Waals surface area contributed by atoms with Gasteiger partial charge >= 0.3 is 0 Å². The molecule has 0 radical (unpaired) electrons. The van der Waals surface area contributed by atoms with E-state index >= 15 is 0 Å². The molecule has 0 aliphatic heterocycles. The summed E-state index contributed by atoms with van der Waals surface area (Å²) in [5, 5.41) is 17.7. The maximum absolute atomic E-state index is 11.1. The van der Waals surface area contributed by atoms with Gasteiger partial charge in [-0.1, -0.05) is 42.5 Å². The molecule has 3 N–H and O–H groups in total. The Balaban J connectivity index is 1.62. The summed E-state index contributed by atoms with van der Waals surface area (Å²) >= 11 is 0. The topological polar surface area (TPSA) is 65.9 Å². The molecule has 27 heavy (non-hydrogen) atoms. The minimum absolute atomic E-state index is 0.355. The molecule has 5 nitrogen and oxygen atoms in total. The third-order valence-corrected chi connectivity index (χ3v) is 5.05. The number of aliphatic imine (C=N–C) groups is 1. The fraction of sp³-hybridized carbons (Fsp3) is 0.409. The van der Waals surface area contributed by atoms with Crippen molar-refractivity contribution >= 4 is 5.96 Å². The Labute approximate surface area is 161 Å². The average molecular weight is 367 g/mol. The maximum Gasteiger partial charge on any atom is 0.191 e. The second kappa shape index (κ2) is 8.91. The highest BCUT2D eigenvalue weighted by atomic mass is 16.5. The lowest BCUT2D eigenvalue weighted by molar-refractivity contribution is 0.0485. The minimum Gasteiger partial charge on any atom is -0.496 e. The van der Waals surface area contributed by atoms with Crippen molar-refractivity contribution in [2.45, 2.75) is 31.8 Å². The van der Waals surface area contributed by atoms with Crippen molar-refractivity contribution in [3.05, 3.63) is 65.2 Å². The lowest BCUT2D eigenvalue weighted by atomic mass is 9.96. The van der Waals surface area contributed by atoms with Gasteiger partial charge in [-0.05, 0) is 48.9 Å². The van der Waals surface area contributed by atoms with Crippen LogP contribution < -0.4 is 15.4 Å². The number of fused-ring (bicyclic) bond motifs is 1. The van der Waals surface area contributed by atoms with Crippen molar-refractivity contribution in [1.29, 1.82) is 0 Å². The number of ether oxygens (including phenoxy) is 1. The molecule has 0 amide bonds. The zero-order valence-corrected chi connectivity index (χ0v) is 16.2. The summed E-state index contributed by atoms with van der Waals surface area (Å²) in [6.45, 7) is 3.90. The molecule has 1 atom stereocenters. The number of benzene rings is 2. The van der Waals surface area contributed by atoms with E-state index in [2.05, 4.69) is 27.8 Å². The van der Waals surface area contributed by atoms with Gasteiger partial charge in [0.2, 0.25) is 0 Å². The van der Waals surface area contributed by atoms with E-state index in [9.17, 15) is 5.11 Å². The lowest BCUT2D eigenvalue weighted by Gasteiger charge is -2.22. The van der Waals surface area contributed by atoms with Crippen molar-refractivity contribution in [2.75, 3.05) is 26.7 Å². The lowest BCUT2D eigenvalue weighted by Crippen LogP contribution is -2.40. The van der Waals surface area contributed by atoms with Crippen LogP contribution in [0.3, 0.4) is 0 Å². The highest BCUT2D eigenvalue weighted by Gasteiger charge is 2.36. The first kappa shape index (κ1) is 19.2. The molecule has 0 aromatic heterocycles. The number of nitrogens with one attached hydrogen (secondary N) is 2. The Morgan fingerprint density at radius 1 is 1.15 bits per heavy atom. The molecular weight excluding hydrogens is 338 g/mol. The van der Waals surface area contributed by atoms with Gasteiger partial charge < -0.3 is 20.5 Å². The van der Waals surface area contributed by atoms with Crippen LogP contribution in [0.15, 0.2) is 53.5 Å². The summed E-state index contributed by atoms with van der Waals surface area (Å²) < 4.78 is 5.41. The standard InChI is InChI=1S/C22H29N3O2/c1-3-23-21(24-15-13-18-9-5-7-11-20(18)27-2)25-16-22(26)14-12-17-8-4-6-10-19(17)22/h4-11,26H,3,12-16H2,1-2H3,(H2,23,24,25). The highest BCUT2D eigenvalue weighted by Crippen LogP contribution is 2.36. The van der Waals surface area contributed by atoms with E-state index in [-0.39, 0.29) is 0 Å². The monoisotopic (exact) mass is 367 g/mol. The summed E-state index contributed by atoms with van der Waals surface area (Å²) in [6, 6.07) is 16.1. The molecule has 144 valence electrons. The zero-order chi connectivity index (χ0) is 19.1. The average Bonchev–Trinajstić information content (AvgIpc) is 3.04. The summed E-state index contributed by atoms with van der Waals surface area (Å²) in [6.07, 6.45) is 2.46. The van der Waals surface area contributed by atoms with Gasteiger partial charge in [0.05, 0.1) is 13.7 Å². The zero-order valence-electron chi connectivity index (χ0n) is 16.2. The molecular formula is C22H29N3O2. The molecule has 1 aliphatic rings. The number of aryl methyl sites for hydroxylation is 1. The van der Waals surface area contributed by atoms with E-state index in [1.807, 2.05) is 43.3 Å². The molecule has 1 unspecified atom stereocenters. The van der Waals surface area contributed by atoms with E-state index in [1.165, 1.54) is 5.56 Å². The van der Waals surface area contributed by atoms with Crippen LogP contribution in [0.5, 0.6) is 5.75 Å². The molecule has 0 bridgehead atoms. The predicted molar refractivity (Wildman–Crippen MR) is 109 cm³/mol. The van der Waals surface area contributed by atoms with Crippen LogP contribution in [0.25, 0.3) is 0 Å². The van der Waals surface area contributed by atoms with Crippen LogP contribution >= 0.6 is 0 Å². The van der Waals surface area contributed by atoms with Crippen molar-refractivity contribution in [1.82, 2.24) is 10.6 Å². The van der Waals surface area contributed by atoms with Gasteiger partial charge in [0.1, 0.15) is 11.4 Å². The quantitative estimate of drug-likeness (QED) is 0.520.